The van der Waals surface area contributed by atoms with Gasteiger partial charge in [0.15, 0.2) is 46.5 Å². The Labute approximate surface area is 352 Å². The normalized spacial score (nSPS) is 11.6. The Kier molecular flexibility index (Phi) is 9.55. The maximum absolute atomic E-state index is 16.4. The van der Waals surface area contributed by atoms with E-state index < -0.39 is 69.2 Å². The first-order valence-corrected chi connectivity index (χ1v) is 19.5. The third-order valence-corrected chi connectivity index (χ3v) is 11.3. The number of aromatic nitrogens is 1. The summed E-state index contributed by atoms with van der Waals surface area (Å²) in [6.45, 7) is 0. The summed E-state index contributed by atoms with van der Waals surface area (Å²) in [7, 11) is 0. The van der Waals surface area contributed by atoms with Crippen molar-refractivity contribution in [3.05, 3.63) is 216 Å². The van der Waals surface area contributed by atoms with E-state index >= 15 is 17.6 Å². The van der Waals surface area contributed by atoms with Crippen LogP contribution in [-0.4, -0.2) is 4.57 Å². The second-order valence-corrected chi connectivity index (χ2v) is 14.8. The fourth-order valence-corrected chi connectivity index (χ4v) is 8.25. The van der Waals surface area contributed by atoms with Crippen molar-refractivity contribution in [3.63, 3.8) is 0 Å². The summed E-state index contributed by atoms with van der Waals surface area (Å²) in [5.74, 6) is -22.1. The monoisotopic (exact) mass is 850 g/mol. The predicted molar refractivity (Wildman–Crippen MR) is 229 cm³/mol. The second-order valence-electron chi connectivity index (χ2n) is 14.8. The average Bonchev–Trinajstić information content (AvgIpc) is 3.66. The Morgan fingerprint density at radius 3 is 1.40 bits per heavy atom. The fraction of sp³-hybridized carbons (Fsp3) is 0. The summed E-state index contributed by atoms with van der Waals surface area (Å²) in [5, 5.41) is 4.14. The van der Waals surface area contributed by atoms with Crippen LogP contribution in [0.4, 0.5) is 56.6 Å². The van der Waals surface area contributed by atoms with Crippen molar-refractivity contribution in [1.29, 1.82) is 0 Å². The zero-order chi connectivity index (χ0) is 43.7. The minimum atomic E-state index is -2.64. The molecule has 0 saturated heterocycles. The van der Waals surface area contributed by atoms with Crippen molar-refractivity contribution < 1.29 is 39.5 Å². The lowest BCUT2D eigenvalue weighted by molar-refractivity contribution is 0.379. The SMILES string of the molecule is Fc1c(F)c(F)c(-c2c(F)c(F)c(N(c3ccc(-c4ccccc4)cc3)c3ccc(-c4ccc5c(c4)c4ccccc4n5-c4ccc5ccccc5c4)cc3)c(F)c2F)c(F)c1F. The number of nitrogens with zero attached hydrogens (tertiary/aromatic N) is 2. The van der Waals surface area contributed by atoms with Crippen LogP contribution in [0, 0.1) is 52.4 Å². The van der Waals surface area contributed by atoms with E-state index in [1.807, 2.05) is 72.8 Å². The van der Waals surface area contributed by atoms with Crippen LogP contribution in [0.25, 0.3) is 71.6 Å². The Morgan fingerprint density at radius 1 is 0.317 bits per heavy atom. The predicted octanol–water partition coefficient (Wildman–Crippen LogP) is 15.7. The molecule has 0 aliphatic rings. The topological polar surface area (TPSA) is 8.17 Å². The number of anilines is 3. The number of rotatable bonds is 7. The summed E-state index contributed by atoms with van der Waals surface area (Å²) < 4.78 is 139. The largest absolute Gasteiger partial charge is 0.309 e. The first-order valence-electron chi connectivity index (χ1n) is 19.5. The zero-order valence-corrected chi connectivity index (χ0v) is 32.4. The van der Waals surface area contributed by atoms with Crippen molar-refractivity contribution in [1.82, 2.24) is 4.57 Å². The summed E-state index contributed by atoms with van der Waals surface area (Å²) in [5.41, 5.74) is 0.221. The molecular formula is C52H27F9N2. The van der Waals surface area contributed by atoms with E-state index in [1.54, 1.807) is 36.4 Å². The molecule has 0 fully saturated rings. The molecule has 0 unspecified atom stereocenters. The zero-order valence-electron chi connectivity index (χ0n) is 32.4. The smallest absolute Gasteiger partial charge is 0.200 e. The summed E-state index contributed by atoms with van der Waals surface area (Å²) in [6.07, 6.45) is 0. The van der Waals surface area contributed by atoms with Gasteiger partial charge in [-0.2, -0.15) is 0 Å². The van der Waals surface area contributed by atoms with E-state index in [1.165, 1.54) is 24.3 Å². The number of hydrogen-bond donors (Lipinski definition) is 0. The Bertz CT molecular complexity index is 3380. The average molecular weight is 851 g/mol. The number of halogens is 9. The van der Waals surface area contributed by atoms with Gasteiger partial charge in [-0.25, -0.2) is 39.5 Å². The van der Waals surface area contributed by atoms with Crippen LogP contribution in [0.5, 0.6) is 0 Å². The van der Waals surface area contributed by atoms with Gasteiger partial charge in [-0.1, -0.05) is 109 Å². The molecule has 0 aliphatic carbocycles. The lowest BCUT2D eigenvalue weighted by Gasteiger charge is -2.27. The van der Waals surface area contributed by atoms with Crippen molar-refractivity contribution in [3.8, 4) is 39.1 Å². The van der Waals surface area contributed by atoms with Gasteiger partial charge < -0.3 is 9.47 Å². The van der Waals surface area contributed by atoms with E-state index in [0.717, 1.165) is 54.3 Å². The molecule has 9 aromatic carbocycles. The van der Waals surface area contributed by atoms with Crippen LogP contribution in [0.15, 0.2) is 164 Å². The Hall–Kier alpha value is -7.79. The molecule has 11 heteroatoms. The number of benzene rings is 9. The van der Waals surface area contributed by atoms with Crippen LogP contribution in [-0.2, 0) is 0 Å². The Morgan fingerprint density at radius 2 is 0.778 bits per heavy atom. The highest BCUT2D eigenvalue weighted by Gasteiger charge is 2.36. The van der Waals surface area contributed by atoms with Crippen LogP contribution < -0.4 is 4.90 Å². The molecule has 10 aromatic rings. The molecule has 0 aliphatic heterocycles. The van der Waals surface area contributed by atoms with E-state index in [4.69, 9.17) is 0 Å². The molecule has 0 bridgehead atoms. The summed E-state index contributed by atoms with van der Waals surface area (Å²) >= 11 is 0. The lowest BCUT2D eigenvalue weighted by Crippen LogP contribution is -2.17. The Balaban J connectivity index is 1.10. The highest BCUT2D eigenvalue weighted by molar-refractivity contribution is 6.10. The highest BCUT2D eigenvalue weighted by Crippen LogP contribution is 2.45. The molecule has 1 aromatic heterocycles. The molecule has 2 nitrogen and oxygen atoms in total. The summed E-state index contributed by atoms with van der Waals surface area (Å²) in [6, 6.07) is 49.7. The van der Waals surface area contributed by atoms with E-state index in [9.17, 15) is 22.0 Å². The van der Waals surface area contributed by atoms with Gasteiger partial charge in [-0.05, 0) is 87.6 Å². The number of para-hydroxylation sites is 1. The van der Waals surface area contributed by atoms with Crippen LogP contribution >= 0.6 is 0 Å². The summed E-state index contributed by atoms with van der Waals surface area (Å²) in [4.78, 5) is 0.859. The molecule has 63 heavy (non-hydrogen) atoms. The van der Waals surface area contributed by atoms with Gasteiger partial charge in [0, 0.05) is 27.8 Å². The van der Waals surface area contributed by atoms with Crippen LogP contribution in [0.3, 0.4) is 0 Å². The second kappa shape index (κ2) is 15.3. The third-order valence-electron chi connectivity index (χ3n) is 11.3. The van der Waals surface area contributed by atoms with E-state index in [0.29, 0.717) is 11.1 Å². The van der Waals surface area contributed by atoms with Gasteiger partial charge in [0.05, 0.1) is 22.2 Å². The van der Waals surface area contributed by atoms with Gasteiger partial charge in [-0.15, -0.1) is 0 Å². The molecular weight excluding hydrogens is 824 g/mol. The highest BCUT2D eigenvalue weighted by atomic mass is 19.2. The van der Waals surface area contributed by atoms with Gasteiger partial charge in [0.25, 0.3) is 0 Å². The number of fused-ring (bicyclic) bond motifs is 4. The quantitative estimate of drug-likeness (QED) is 0.0881. The molecule has 0 N–H and O–H groups in total. The lowest BCUT2D eigenvalue weighted by atomic mass is 9.99. The van der Waals surface area contributed by atoms with Gasteiger partial charge in [0.1, 0.15) is 5.69 Å². The third kappa shape index (κ3) is 6.38. The van der Waals surface area contributed by atoms with Gasteiger partial charge in [-0.3, -0.25) is 0 Å². The molecule has 0 spiro atoms. The fourth-order valence-electron chi connectivity index (χ4n) is 8.25. The maximum Gasteiger partial charge on any atom is 0.200 e. The molecule has 10 rings (SSSR count). The number of hydrogen-bond acceptors (Lipinski definition) is 1. The van der Waals surface area contributed by atoms with Crippen molar-refractivity contribution in [2.24, 2.45) is 0 Å². The van der Waals surface area contributed by atoms with Crippen LogP contribution in [0.2, 0.25) is 0 Å². The standard InChI is InChI=1S/C52H27F9N2/c53-43-41(44(54)48(58)49(59)47(43)57)42-45(55)50(60)52(51(61)46(42)56)62(34-20-14-30(15-21-34)28-8-2-1-3-9-28)35-22-16-31(17-23-35)33-19-25-40-38(27-33)37-12-6-7-13-39(37)63(40)36-24-18-29-10-4-5-11-32(29)26-36/h1-27H. The first-order chi connectivity index (χ1) is 30.5. The van der Waals surface area contributed by atoms with E-state index in [2.05, 4.69) is 34.9 Å². The van der Waals surface area contributed by atoms with E-state index in [-0.39, 0.29) is 11.4 Å². The minimum absolute atomic E-state index is 0.000721. The van der Waals surface area contributed by atoms with Crippen molar-refractivity contribution in [2.75, 3.05) is 4.90 Å². The molecule has 1 heterocycles. The molecule has 0 amide bonds. The molecule has 0 radical (unpaired) electrons. The van der Waals surface area contributed by atoms with Crippen LogP contribution in [0.1, 0.15) is 0 Å². The minimum Gasteiger partial charge on any atom is -0.309 e. The van der Waals surface area contributed by atoms with Gasteiger partial charge in [0.2, 0.25) is 5.82 Å². The maximum atomic E-state index is 16.4. The van der Waals surface area contributed by atoms with Crippen molar-refractivity contribution >= 4 is 49.6 Å². The van der Waals surface area contributed by atoms with Crippen molar-refractivity contribution in [2.45, 2.75) is 0 Å². The van der Waals surface area contributed by atoms with Gasteiger partial charge >= 0.3 is 0 Å². The molecule has 308 valence electrons. The molecule has 0 saturated carbocycles. The first kappa shape index (κ1) is 39.4. The molecule has 0 atom stereocenters.